The summed E-state index contributed by atoms with van der Waals surface area (Å²) in [7, 11) is 0. The number of hydrogen-bond acceptors (Lipinski definition) is 4. The zero-order chi connectivity index (χ0) is 19.5. The van der Waals surface area contributed by atoms with Gasteiger partial charge in [0.15, 0.2) is 5.16 Å². The van der Waals surface area contributed by atoms with Gasteiger partial charge in [-0.15, -0.1) is 10.2 Å². The predicted octanol–water partition coefficient (Wildman–Crippen LogP) is 4.84. The van der Waals surface area contributed by atoms with Gasteiger partial charge in [0, 0.05) is 17.1 Å². The number of halogens is 1. The van der Waals surface area contributed by atoms with Crippen LogP contribution in [0, 0.1) is 0 Å². The Morgan fingerprint density at radius 1 is 1.00 bits per heavy atom. The fourth-order valence-corrected chi connectivity index (χ4v) is 3.92. The molecular weight excluding hydrogens is 394 g/mol. The summed E-state index contributed by atoms with van der Waals surface area (Å²) in [6.45, 7) is 0. The Bertz CT molecular complexity index is 1140. The Labute approximate surface area is 171 Å². The second-order valence-corrected chi connectivity index (χ2v) is 7.59. The molecule has 0 fully saturated rings. The van der Waals surface area contributed by atoms with E-state index in [-0.39, 0.29) is 5.75 Å². The molecule has 1 aromatic heterocycles. The molecule has 0 radical (unpaired) electrons. The van der Waals surface area contributed by atoms with E-state index in [4.69, 9.17) is 16.7 Å². The summed E-state index contributed by atoms with van der Waals surface area (Å²) in [6.07, 6.45) is 0.574. The molecule has 0 saturated heterocycles. The lowest BCUT2D eigenvalue weighted by atomic mass is 10.0. The molecule has 0 unspecified atom stereocenters. The number of aromatic nitrogens is 3. The summed E-state index contributed by atoms with van der Waals surface area (Å²) in [4.78, 5) is 11.0. The van der Waals surface area contributed by atoms with Crippen molar-refractivity contribution in [3.05, 3.63) is 83.1 Å². The van der Waals surface area contributed by atoms with Crippen molar-refractivity contribution in [2.24, 2.45) is 0 Å². The van der Waals surface area contributed by atoms with Crippen LogP contribution < -0.4 is 0 Å². The molecule has 7 heteroatoms. The molecule has 0 aliphatic carbocycles. The minimum absolute atomic E-state index is 0.0833. The summed E-state index contributed by atoms with van der Waals surface area (Å²) in [6, 6.07) is 21.7. The van der Waals surface area contributed by atoms with Crippen LogP contribution in [0.25, 0.3) is 16.5 Å². The minimum Gasteiger partial charge on any atom is -0.481 e. The summed E-state index contributed by atoms with van der Waals surface area (Å²) >= 11 is 7.17. The van der Waals surface area contributed by atoms with E-state index in [1.54, 1.807) is 12.1 Å². The molecule has 0 saturated carbocycles. The Morgan fingerprint density at radius 2 is 1.75 bits per heavy atom. The molecule has 0 aliphatic rings. The molecule has 0 amide bonds. The normalized spacial score (nSPS) is 11.0. The standard InChI is InChI=1S/C21H16ClN3O2S/c22-16-8-10-17(11-9-16)25-19(23-24-21(25)28-13-20(26)27)12-15-6-3-5-14-4-1-2-7-18(14)15/h1-11H,12-13H2,(H,26,27). The molecule has 0 atom stereocenters. The van der Waals surface area contributed by atoms with Gasteiger partial charge in [-0.25, -0.2) is 0 Å². The fourth-order valence-electron chi connectivity index (χ4n) is 3.10. The van der Waals surface area contributed by atoms with E-state index in [0.29, 0.717) is 16.6 Å². The molecule has 4 aromatic rings. The van der Waals surface area contributed by atoms with Crippen LogP contribution in [-0.2, 0) is 11.2 Å². The van der Waals surface area contributed by atoms with Crippen LogP contribution in [0.5, 0.6) is 0 Å². The fraction of sp³-hybridized carbons (Fsp3) is 0.0952. The molecule has 5 nitrogen and oxygen atoms in total. The first-order valence-corrected chi connectivity index (χ1v) is 9.99. The Kier molecular flexibility index (Phi) is 5.32. The number of rotatable bonds is 6. The Balaban J connectivity index is 1.77. The predicted molar refractivity (Wildman–Crippen MR) is 111 cm³/mol. The molecule has 1 heterocycles. The third kappa shape index (κ3) is 3.88. The maximum atomic E-state index is 11.0. The van der Waals surface area contributed by atoms with E-state index in [9.17, 15) is 4.79 Å². The van der Waals surface area contributed by atoms with Gasteiger partial charge in [-0.3, -0.25) is 9.36 Å². The van der Waals surface area contributed by atoms with E-state index in [1.165, 1.54) is 0 Å². The molecule has 4 rings (SSSR count). The van der Waals surface area contributed by atoms with Gasteiger partial charge in [0.05, 0.1) is 5.75 Å². The zero-order valence-corrected chi connectivity index (χ0v) is 16.3. The van der Waals surface area contributed by atoms with Crippen LogP contribution >= 0.6 is 23.4 Å². The summed E-state index contributed by atoms with van der Waals surface area (Å²) in [5.74, 6) is -0.238. The van der Waals surface area contributed by atoms with Crippen molar-refractivity contribution >= 4 is 40.1 Å². The van der Waals surface area contributed by atoms with Crippen molar-refractivity contribution in [1.82, 2.24) is 14.8 Å². The van der Waals surface area contributed by atoms with Crippen LogP contribution in [0.4, 0.5) is 0 Å². The van der Waals surface area contributed by atoms with Gasteiger partial charge in [-0.05, 0) is 40.6 Å². The third-order valence-electron chi connectivity index (χ3n) is 4.34. The molecule has 1 N–H and O–H groups in total. The highest BCUT2D eigenvalue weighted by Gasteiger charge is 2.17. The van der Waals surface area contributed by atoms with Crippen molar-refractivity contribution < 1.29 is 9.90 Å². The number of aliphatic carboxylic acids is 1. The van der Waals surface area contributed by atoms with Gasteiger partial charge in [0.25, 0.3) is 0 Å². The second-order valence-electron chi connectivity index (χ2n) is 6.21. The SMILES string of the molecule is O=C(O)CSc1nnc(Cc2cccc3ccccc23)n1-c1ccc(Cl)cc1. The lowest BCUT2D eigenvalue weighted by Gasteiger charge is -2.11. The number of carbonyl (C=O) groups is 1. The molecule has 28 heavy (non-hydrogen) atoms. The van der Waals surface area contributed by atoms with E-state index >= 15 is 0 Å². The Morgan fingerprint density at radius 3 is 2.54 bits per heavy atom. The van der Waals surface area contributed by atoms with Crippen molar-refractivity contribution in [2.45, 2.75) is 11.6 Å². The maximum Gasteiger partial charge on any atom is 0.313 e. The molecule has 140 valence electrons. The average molecular weight is 410 g/mol. The lowest BCUT2D eigenvalue weighted by molar-refractivity contribution is -0.133. The van der Waals surface area contributed by atoms with Crippen LogP contribution in [0.3, 0.4) is 0 Å². The number of carboxylic acid groups (broad SMARTS) is 1. The van der Waals surface area contributed by atoms with E-state index < -0.39 is 5.97 Å². The minimum atomic E-state index is -0.897. The average Bonchev–Trinajstić information content (AvgIpc) is 3.10. The van der Waals surface area contributed by atoms with Gasteiger partial charge in [0.1, 0.15) is 5.82 Å². The molecular formula is C21H16ClN3O2S. The first kappa shape index (κ1) is 18.5. The van der Waals surface area contributed by atoms with Crippen LogP contribution in [0.15, 0.2) is 71.9 Å². The number of benzene rings is 3. The molecule has 0 aliphatic heterocycles. The quantitative estimate of drug-likeness (QED) is 0.461. The zero-order valence-electron chi connectivity index (χ0n) is 14.7. The van der Waals surface area contributed by atoms with Crippen molar-refractivity contribution in [3.8, 4) is 5.69 Å². The third-order valence-corrected chi connectivity index (χ3v) is 5.50. The van der Waals surface area contributed by atoms with E-state index in [0.717, 1.165) is 39.6 Å². The largest absolute Gasteiger partial charge is 0.481 e. The van der Waals surface area contributed by atoms with E-state index in [1.807, 2.05) is 34.9 Å². The first-order valence-electron chi connectivity index (χ1n) is 8.63. The van der Waals surface area contributed by atoms with Crippen molar-refractivity contribution in [2.75, 3.05) is 5.75 Å². The number of hydrogen-bond donors (Lipinski definition) is 1. The second kappa shape index (κ2) is 8.04. The number of thioether (sulfide) groups is 1. The lowest BCUT2D eigenvalue weighted by Crippen LogP contribution is -2.05. The van der Waals surface area contributed by atoms with Crippen LogP contribution in [-0.4, -0.2) is 31.6 Å². The smallest absolute Gasteiger partial charge is 0.313 e. The van der Waals surface area contributed by atoms with Gasteiger partial charge in [-0.2, -0.15) is 0 Å². The number of nitrogens with zero attached hydrogens (tertiary/aromatic N) is 3. The van der Waals surface area contributed by atoms with E-state index in [2.05, 4.69) is 34.5 Å². The highest BCUT2D eigenvalue weighted by atomic mass is 35.5. The molecule has 0 bridgehead atoms. The van der Waals surface area contributed by atoms with Crippen LogP contribution in [0.2, 0.25) is 5.02 Å². The van der Waals surface area contributed by atoms with Gasteiger partial charge in [-0.1, -0.05) is 65.8 Å². The summed E-state index contributed by atoms with van der Waals surface area (Å²) in [5, 5.41) is 21.1. The van der Waals surface area contributed by atoms with Gasteiger partial charge < -0.3 is 5.11 Å². The van der Waals surface area contributed by atoms with Gasteiger partial charge >= 0.3 is 5.97 Å². The Hall–Kier alpha value is -2.83. The summed E-state index contributed by atoms with van der Waals surface area (Å²) < 4.78 is 1.89. The molecule has 3 aromatic carbocycles. The van der Waals surface area contributed by atoms with Crippen LogP contribution in [0.1, 0.15) is 11.4 Å². The topological polar surface area (TPSA) is 68.0 Å². The highest BCUT2D eigenvalue weighted by molar-refractivity contribution is 7.99. The maximum absolute atomic E-state index is 11.0. The van der Waals surface area contributed by atoms with Crippen molar-refractivity contribution in [1.29, 1.82) is 0 Å². The molecule has 0 spiro atoms. The number of fused-ring (bicyclic) bond motifs is 1. The summed E-state index contributed by atoms with van der Waals surface area (Å²) in [5.41, 5.74) is 1.98. The van der Waals surface area contributed by atoms with Crippen molar-refractivity contribution in [3.63, 3.8) is 0 Å². The number of carboxylic acids is 1. The first-order chi connectivity index (χ1) is 13.6. The van der Waals surface area contributed by atoms with Gasteiger partial charge in [0.2, 0.25) is 0 Å². The highest BCUT2D eigenvalue weighted by Crippen LogP contribution is 2.26. The monoisotopic (exact) mass is 409 g/mol.